The van der Waals surface area contributed by atoms with Crippen LogP contribution >= 0.6 is 0 Å². The number of benzene rings is 3. The summed E-state index contributed by atoms with van der Waals surface area (Å²) < 4.78 is 11.6. The normalized spacial score (nSPS) is 16.2. The number of imide groups is 1. The van der Waals surface area contributed by atoms with Gasteiger partial charge in [0.15, 0.2) is 5.60 Å². The highest BCUT2D eigenvalue weighted by Gasteiger charge is 2.59. The molecule has 224 valence electrons. The minimum absolute atomic E-state index is 0.0355. The Hall–Kier alpha value is -4.82. The number of rotatable bonds is 13. The minimum atomic E-state index is -1.22. The molecule has 0 aliphatic carbocycles. The lowest BCUT2D eigenvalue weighted by molar-refractivity contribution is -0.134. The Morgan fingerprint density at radius 3 is 2.12 bits per heavy atom. The Bertz CT molecular complexity index is 1370. The van der Waals surface area contributed by atoms with Gasteiger partial charge in [-0.3, -0.25) is 4.79 Å². The summed E-state index contributed by atoms with van der Waals surface area (Å²) in [6.45, 7) is 4.26. The van der Waals surface area contributed by atoms with Crippen molar-refractivity contribution in [2.75, 3.05) is 13.1 Å². The third-order valence-corrected chi connectivity index (χ3v) is 7.59. The van der Waals surface area contributed by atoms with Crippen LogP contribution in [-0.4, -0.2) is 42.1 Å². The van der Waals surface area contributed by atoms with E-state index in [1.165, 1.54) is 4.90 Å². The van der Waals surface area contributed by atoms with Crippen LogP contribution in [-0.2, 0) is 26.5 Å². The summed E-state index contributed by atoms with van der Waals surface area (Å²) in [5, 5.41) is 6.28. The van der Waals surface area contributed by atoms with Crippen molar-refractivity contribution in [3.63, 3.8) is 0 Å². The molecule has 1 aliphatic rings. The van der Waals surface area contributed by atoms with E-state index < -0.39 is 35.7 Å². The van der Waals surface area contributed by atoms with Crippen molar-refractivity contribution in [2.45, 2.75) is 51.4 Å². The van der Waals surface area contributed by atoms with Crippen molar-refractivity contribution in [3.05, 3.63) is 118 Å². The molecule has 2 unspecified atom stereocenters. The molecule has 4 rings (SSSR count). The fourth-order valence-corrected chi connectivity index (χ4v) is 5.64. The Morgan fingerprint density at radius 1 is 0.977 bits per heavy atom. The van der Waals surface area contributed by atoms with Crippen LogP contribution in [0.3, 0.4) is 0 Å². The van der Waals surface area contributed by atoms with Gasteiger partial charge in [0, 0.05) is 29.1 Å². The quantitative estimate of drug-likeness (QED) is 0.100. The van der Waals surface area contributed by atoms with Gasteiger partial charge in [-0.1, -0.05) is 116 Å². The molecule has 1 fully saturated rings. The third-order valence-electron chi connectivity index (χ3n) is 7.59. The molecular formula is C33H37N5O5. The summed E-state index contributed by atoms with van der Waals surface area (Å²) in [5.41, 5.74) is 9.75. The van der Waals surface area contributed by atoms with Gasteiger partial charge in [-0.2, -0.15) is 0 Å². The topological polar surface area (TPSA) is 134 Å². The number of ether oxygens (including phenoxy) is 2. The molecule has 0 spiro atoms. The number of unbranched alkanes of at least 4 members (excludes halogenated alkanes) is 1. The lowest BCUT2D eigenvalue weighted by atomic mass is 9.75. The average molecular weight is 584 g/mol. The van der Waals surface area contributed by atoms with Gasteiger partial charge in [-0.25, -0.2) is 14.5 Å². The van der Waals surface area contributed by atoms with Gasteiger partial charge in [-0.05, 0) is 29.9 Å². The maximum absolute atomic E-state index is 14.3. The highest BCUT2D eigenvalue weighted by atomic mass is 16.6. The van der Waals surface area contributed by atoms with E-state index in [0.29, 0.717) is 19.3 Å². The van der Waals surface area contributed by atoms with Gasteiger partial charge in [0.25, 0.3) is 0 Å². The van der Waals surface area contributed by atoms with Crippen LogP contribution in [0.5, 0.6) is 0 Å². The number of carbonyl (C=O) groups is 3. The van der Waals surface area contributed by atoms with Crippen molar-refractivity contribution >= 4 is 18.1 Å². The second-order valence-electron chi connectivity index (χ2n) is 10.8. The van der Waals surface area contributed by atoms with Crippen molar-refractivity contribution in [1.82, 2.24) is 10.2 Å². The van der Waals surface area contributed by atoms with E-state index in [4.69, 9.17) is 15.0 Å². The van der Waals surface area contributed by atoms with Crippen molar-refractivity contribution in [3.8, 4) is 0 Å². The monoisotopic (exact) mass is 583 g/mol. The van der Waals surface area contributed by atoms with Crippen LogP contribution in [0.4, 0.5) is 9.59 Å². The van der Waals surface area contributed by atoms with Crippen LogP contribution in [0, 0.1) is 11.8 Å². The molecule has 1 heterocycles. The van der Waals surface area contributed by atoms with Crippen LogP contribution in [0.25, 0.3) is 10.4 Å². The summed E-state index contributed by atoms with van der Waals surface area (Å²) >= 11 is 0. The predicted molar refractivity (Wildman–Crippen MR) is 162 cm³/mol. The van der Waals surface area contributed by atoms with Crippen molar-refractivity contribution < 1.29 is 23.9 Å². The van der Waals surface area contributed by atoms with Crippen LogP contribution in [0.2, 0.25) is 0 Å². The van der Waals surface area contributed by atoms with Crippen molar-refractivity contribution in [2.24, 2.45) is 17.0 Å². The fourth-order valence-electron chi connectivity index (χ4n) is 5.64. The number of carbonyl (C=O) groups excluding carboxylic acids is 3. The summed E-state index contributed by atoms with van der Waals surface area (Å²) in [5.74, 6) is -1.36. The number of nitrogens with one attached hydrogen (secondary N) is 1. The summed E-state index contributed by atoms with van der Waals surface area (Å²) in [7, 11) is 0. The average Bonchev–Trinajstić information content (AvgIpc) is 3.36. The Kier molecular flexibility index (Phi) is 10.8. The molecule has 0 saturated carbocycles. The zero-order valence-corrected chi connectivity index (χ0v) is 24.5. The molecule has 3 aromatic carbocycles. The van der Waals surface area contributed by atoms with E-state index in [0.717, 1.165) is 16.7 Å². The van der Waals surface area contributed by atoms with Gasteiger partial charge in [0.1, 0.15) is 6.61 Å². The number of amides is 3. The molecule has 3 amide bonds. The van der Waals surface area contributed by atoms with Crippen LogP contribution in [0.15, 0.2) is 96.1 Å². The largest absolute Gasteiger partial charge is 0.445 e. The summed E-state index contributed by atoms with van der Waals surface area (Å²) in [4.78, 5) is 44.6. The van der Waals surface area contributed by atoms with Gasteiger partial charge in [0.2, 0.25) is 5.91 Å². The molecule has 2 atom stereocenters. The summed E-state index contributed by atoms with van der Waals surface area (Å²) in [6.07, 6.45) is 0.0676. The Balaban J connectivity index is 1.61. The summed E-state index contributed by atoms with van der Waals surface area (Å²) in [6, 6.07) is 27.5. The van der Waals surface area contributed by atoms with E-state index >= 15 is 0 Å². The van der Waals surface area contributed by atoms with Crippen LogP contribution in [0.1, 0.15) is 49.8 Å². The van der Waals surface area contributed by atoms with Crippen LogP contribution < -0.4 is 5.32 Å². The lowest BCUT2D eigenvalue weighted by Crippen LogP contribution is -2.52. The molecule has 3 aromatic rings. The van der Waals surface area contributed by atoms with E-state index in [-0.39, 0.29) is 25.6 Å². The second kappa shape index (κ2) is 14.9. The molecule has 1 saturated heterocycles. The maximum Gasteiger partial charge on any atom is 0.418 e. The highest BCUT2D eigenvalue weighted by Crippen LogP contribution is 2.47. The minimum Gasteiger partial charge on any atom is -0.445 e. The SMILES string of the molecule is CC(C)C1N(C(=O)C(CCCCN=[N+]=[N-])CNC(=O)OCc2ccccc2)C(=O)OC1(c1ccccc1)c1ccccc1. The first-order valence-electron chi connectivity index (χ1n) is 14.5. The number of hydrogen-bond donors (Lipinski definition) is 1. The molecule has 0 radical (unpaired) electrons. The standard InChI is InChI=1S/C33H37N5O5/c1-24(2)29-33(27-17-8-4-9-18-27,28-19-10-5-11-20-28)43-32(41)38(29)30(39)26(16-12-13-21-36-37-34)22-35-31(40)42-23-25-14-6-3-7-15-25/h3-11,14-15,17-20,24,26,29H,12-13,16,21-23H2,1-2H3,(H,35,40). The number of azide groups is 1. The maximum atomic E-state index is 14.3. The highest BCUT2D eigenvalue weighted by molar-refractivity contribution is 5.96. The van der Waals surface area contributed by atoms with E-state index in [2.05, 4.69) is 15.3 Å². The second-order valence-corrected chi connectivity index (χ2v) is 10.8. The molecule has 10 nitrogen and oxygen atoms in total. The van der Waals surface area contributed by atoms with Gasteiger partial charge < -0.3 is 14.8 Å². The third kappa shape index (κ3) is 7.34. The molecule has 10 heteroatoms. The van der Waals surface area contributed by atoms with Crippen molar-refractivity contribution in [1.29, 1.82) is 0 Å². The predicted octanol–water partition coefficient (Wildman–Crippen LogP) is 6.96. The first-order valence-corrected chi connectivity index (χ1v) is 14.5. The smallest absolute Gasteiger partial charge is 0.418 e. The Morgan fingerprint density at radius 2 is 1.56 bits per heavy atom. The zero-order chi connectivity index (χ0) is 30.7. The lowest BCUT2D eigenvalue weighted by Gasteiger charge is -2.38. The fraction of sp³-hybridized carbons (Fsp3) is 0.364. The molecule has 43 heavy (non-hydrogen) atoms. The molecular weight excluding hydrogens is 546 g/mol. The molecule has 1 N–H and O–H groups in total. The Labute approximate surface area is 251 Å². The first kappa shape index (κ1) is 31.1. The molecule has 0 aromatic heterocycles. The molecule has 0 bridgehead atoms. The van der Waals surface area contributed by atoms with E-state index in [1.54, 1.807) is 0 Å². The number of cyclic esters (lactones) is 1. The van der Waals surface area contributed by atoms with E-state index in [9.17, 15) is 14.4 Å². The van der Waals surface area contributed by atoms with Gasteiger partial charge in [-0.15, -0.1) is 0 Å². The number of nitrogens with zero attached hydrogens (tertiary/aromatic N) is 4. The number of hydrogen-bond acceptors (Lipinski definition) is 6. The van der Waals surface area contributed by atoms with Gasteiger partial charge >= 0.3 is 12.2 Å². The van der Waals surface area contributed by atoms with Gasteiger partial charge in [0.05, 0.1) is 12.0 Å². The molecule has 1 aliphatic heterocycles. The first-order chi connectivity index (χ1) is 20.9. The van der Waals surface area contributed by atoms with E-state index in [1.807, 2.05) is 105 Å². The zero-order valence-electron chi connectivity index (χ0n) is 24.5. The number of alkyl carbamates (subject to hydrolysis) is 1.